The van der Waals surface area contributed by atoms with Gasteiger partial charge in [0.05, 0.1) is 23.9 Å². The fraction of sp³-hybridized carbons (Fsp3) is 0.107. The highest BCUT2D eigenvalue weighted by Crippen LogP contribution is 2.30. The number of ether oxygens (including phenoxy) is 1. The number of carbonyl (C=O) groups is 1. The van der Waals surface area contributed by atoms with Crippen LogP contribution in [0.25, 0.3) is 22.2 Å². The minimum Gasteiger partial charge on any atom is -0.496 e. The van der Waals surface area contributed by atoms with Crippen LogP contribution < -0.4 is 10.1 Å². The first-order valence-corrected chi connectivity index (χ1v) is 11.0. The van der Waals surface area contributed by atoms with Crippen molar-refractivity contribution in [1.82, 2.24) is 19.9 Å². The summed E-state index contributed by atoms with van der Waals surface area (Å²) in [7, 11) is 3.53. The topological polar surface area (TPSA) is 69.0 Å². The lowest BCUT2D eigenvalue weighted by molar-refractivity contribution is 0.0942. The van der Waals surface area contributed by atoms with Crippen LogP contribution in [0.1, 0.15) is 27.8 Å². The summed E-state index contributed by atoms with van der Waals surface area (Å²) in [5.74, 6) is 1.18. The van der Waals surface area contributed by atoms with Gasteiger partial charge in [0, 0.05) is 36.0 Å². The summed E-state index contributed by atoms with van der Waals surface area (Å²) in [6.45, 7) is 0. The first-order chi connectivity index (χ1) is 16.7. The summed E-state index contributed by atoms with van der Waals surface area (Å²) in [4.78, 5) is 23.1. The van der Waals surface area contributed by atoms with Gasteiger partial charge in [0.1, 0.15) is 17.6 Å². The molecule has 2 heterocycles. The number of methoxy groups -OCH3 is 1. The summed E-state index contributed by atoms with van der Waals surface area (Å²) in [5.41, 5.74) is 3.84. The highest BCUT2D eigenvalue weighted by molar-refractivity contribution is 6.07. The largest absolute Gasteiger partial charge is 0.496 e. The maximum Gasteiger partial charge on any atom is 0.252 e. The van der Waals surface area contributed by atoms with Crippen molar-refractivity contribution >= 4 is 16.8 Å². The van der Waals surface area contributed by atoms with Crippen LogP contribution in [0.4, 0.5) is 0 Å². The molecule has 0 bridgehead atoms. The molecule has 0 saturated heterocycles. The lowest BCUT2D eigenvalue weighted by Gasteiger charge is -2.22. The standard InChI is InChI=1S/C28H24N4O2/c1-32-17-16-29-27(32)26(21-13-7-9-15-25(21)34-2)31-28(33)22-18-24(19-10-4-3-5-11-19)30-23-14-8-6-12-20(22)23/h3-18,26H,1-2H3,(H,31,33). The molecule has 0 fully saturated rings. The number of hydrogen-bond donors (Lipinski definition) is 1. The zero-order valence-corrected chi connectivity index (χ0v) is 19.0. The summed E-state index contributed by atoms with van der Waals surface area (Å²) >= 11 is 0. The normalized spacial score (nSPS) is 11.8. The monoisotopic (exact) mass is 448 g/mol. The van der Waals surface area contributed by atoms with E-state index in [1.165, 1.54) is 0 Å². The highest BCUT2D eigenvalue weighted by Gasteiger charge is 2.25. The number of para-hydroxylation sites is 2. The zero-order chi connectivity index (χ0) is 23.5. The number of imidazole rings is 1. The van der Waals surface area contributed by atoms with E-state index < -0.39 is 6.04 Å². The van der Waals surface area contributed by atoms with Crippen LogP contribution in [-0.4, -0.2) is 27.6 Å². The molecule has 1 atom stereocenters. The van der Waals surface area contributed by atoms with Gasteiger partial charge in [-0.3, -0.25) is 4.79 Å². The predicted molar refractivity (Wildman–Crippen MR) is 133 cm³/mol. The van der Waals surface area contributed by atoms with Crippen LogP contribution in [0.15, 0.2) is 97.3 Å². The van der Waals surface area contributed by atoms with Crippen LogP contribution in [0.3, 0.4) is 0 Å². The van der Waals surface area contributed by atoms with E-state index in [9.17, 15) is 4.79 Å². The predicted octanol–water partition coefficient (Wildman–Crippen LogP) is 5.16. The molecule has 0 saturated carbocycles. The molecule has 34 heavy (non-hydrogen) atoms. The van der Waals surface area contributed by atoms with Crippen molar-refractivity contribution in [3.63, 3.8) is 0 Å². The second-order valence-electron chi connectivity index (χ2n) is 7.98. The molecule has 5 aromatic rings. The Kier molecular flexibility index (Phi) is 5.79. The minimum absolute atomic E-state index is 0.213. The summed E-state index contributed by atoms with van der Waals surface area (Å²) in [5, 5.41) is 4.00. The van der Waals surface area contributed by atoms with E-state index in [0.717, 1.165) is 27.7 Å². The SMILES string of the molecule is COc1ccccc1C(NC(=O)c1cc(-c2ccccc2)nc2ccccc12)c1nccn1C. The number of aryl methyl sites for hydroxylation is 1. The molecule has 0 aliphatic heterocycles. The van der Waals surface area contributed by atoms with Gasteiger partial charge in [0.2, 0.25) is 0 Å². The molecule has 5 rings (SSSR count). The highest BCUT2D eigenvalue weighted by atomic mass is 16.5. The van der Waals surface area contributed by atoms with Crippen molar-refractivity contribution in [3.05, 3.63) is 114 Å². The number of hydrogen-bond acceptors (Lipinski definition) is 4. The van der Waals surface area contributed by atoms with E-state index >= 15 is 0 Å². The van der Waals surface area contributed by atoms with Gasteiger partial charge in [-0.05, 0) is 18.2 Å². The summed E-state index contributed by atoms with van der Waals surface area (Å²) in [6.07, 6.45) is 3.58. The van der Waals surface area contributed by atoms with Crippen LogP contribution >= 0.6 is 0 Å². The van der Waals surface area contributed by atoms with E-state index in [1.54, 1.807) is 13.3 Å². The Morgan fingerprint density at radius 1 is 0.971 bits per heavy atom. The zero-order valence-electron chi connectivity index (χ0n) is 19.0. The lowest BCUT2D eigenvalue weighted by atomic mass is 10.0. The second-order valence-corrected chi connectivity index (χ2v) is 7.98. The van der Waals surface area contributed by atoms with Crippen molar-refractivity contribution in [1.29, 1.82) is 0 Å². The number of nitrogens with zero attached hydrogens (tertiary/aromatic N) is 3. The molecular weight excluding hydrogens is 424 g/mol. The number of nitrogens with one attached hydrogen (secondary N) is 1. The van der Waals surface area contributed by atoms with Gasteiger partial charge in [-0.1, -0.05) is 66.7 Å². The molecule has 2 aromatic heterocycles. The molecule has 6 heteroatoms. The lowest BCUT2D eigenvalue weighted by Crippen LogP contribution is -2.31. The number of pyridine rings is 1. The quantitative estimate of drug-likeness (QED) is 0.389. The average molecular weight is 449 g/mol. The van der Waals surface area contributed by atoms with Crippen LogP contribution in [0.2, 0.25) is 0 Å². The van der Waals surface area contributed by atoms with E-state index in [1.807, 2.05) is 103 Å². The van der Waals surface area contributed by atoms with Gasteiger partial charge in [-0.2, -0.15) is 0 Å². The molecule has 0 spiro atoms. The fourth-order valence-corrected chi connectivity index (χ4v) is 4.17. The summed E-state index contributed by atoms with van der Waals surface area (Å²) < 4.78 is 7.50. The Morgan fingerprint density at radius 3 is 2.47 bits per heavy atom. The Bertz CT molecular complexity index is 1460. The maximum absolute atomic E-state index is 13.8. The van der Waals surface area contributed by atoms with Crippen molar-refractivity contribution < 1.29 is 9.53 Å². The van der Waals surface area contributed by atoms with Gasteiger partial charge in [0.15, 0.2) is 0 Å². The molecule has 0 radical (unpaired) electrons. The van der Waals surface area contributed by atoms with E-state index in [2.05, 4.69) is 10.3 Å². The van der Waals surface area contributed by atoms with Crippen molar-refractivity contribution in [2.24, 2.45) is 7.05 Å². The molecule has 1 amide bonds. The third-order valence-electron chi connectivity index (χ3n) is 5.87. The minimum atomic E-state index is -0.504. The smallest absolute Gasteiger partial charge is 0.252 e. The molecule has 3 aromatic carbocycles. The van der Waals surface area contributed by atoms with Gasteiger partial charge in [-0.15, -0.1) is 0 Å². The van der Waals surface area contributed by atoms with E-state index in [4.69, 9.17) is 9.72 Å². The molecule has 0 aliphatic rings. The Hall–Kier alpha value is -4.45. The first kappa shape index (κ1) is 21.4. The van der Waals surface area contributed by atoms with Crippen LogP contribution in [0, 0.1) is 0 Å². The third kappa shape index (κ3) is 4.01. The number of benzene rings is 3. The Labute approximate surface area is 197 Å². The fourth-order valence-electron chi connectivity index (χ4n) is 4.17. The van der Waals surface area contributed by atoms with Gasteiger partial charge >= 0.3 is 0 Å². The summed E-state index contributed by atoms with van der Waals surface area (Å²) in [6, 6.07) is 26.6. The van der Waals surface area contributed by atoms with E-state index in [0.29, 0.717) is 17.1 Å². The Morgan fingerprint density at radius 2 is 1.71 bits per heavy atom. The number of aromatic nitrogens is 3. The van der Waals surface area contributed by atoms with Crippen molar-refractivity contribution in [2.45, 2.75) is 6.04 Å². The molecule has 1 unspecified atom stereocenters. The molecule has 6 nitrogen and oxygen atoms in total. The van der Waals surface area contributed by atoms with Gasteiger partial charge < -0.3 is 14.6 Å². The van der Waals surface area contributed by atoms with Crippen LogP contribution in [0.5, 0.6) is 5.75 Å². The number of carbonyl (C=O) groups excluding carboxylic acids is 1. The van der Waals surface area contributed by atoms with Crippen molar-refractivity contribution in [3.8, 4) is 17.0 Å². The molecule has 168 valence electrons. The van der Waals surface area contributed by atoms with Gasteiger partial charge in [0.25, 0.3) is 5.91 Å². The number of amides is 1. The van der Waals surface area contributed by atoms with E-state index in [-0.39, 0.29) is 5.91 Å². The Balaban J connectivity index is 1.62. The van der Waals surface area contributed by atoms with Crippen molar-refractivity contribution in [2.75, 3.05) is 7.11 Å². The average Bonchev–Trinajstić information content (AvgIpc) is 3.32. The van der Waals surface area contributed by atoms with Crippen LogP contribution in [-0.2, 0) is 7.05 Å². The molecule has 1 N–H and O–H groups in total. The maximum atomic E-state index is 13.8. The third-order valence-corrected chi connectivity index (χ3v) is 5.87. The molecule has 0 aliphatic carbocycles. The molecular formula is C28H24N4O2. The van der Waals surface area contributed by atoms with Gasteiger partial charge in [-0.25, -0.2) is 9.97 Å². The second kappa shape index (κ2) is 9.19. The number of rotatable bonds is 6. The first-order valence-electron chi connectivity index (χ1n) is 11.0. The number of fused-ring (bicyclic) bond motifs is 1.